The van der Waals surface area contributed by atoms with Crippen molar-refractivity contribution in [2.75, 3.05) is 18.8 Å². The summed E-state index contributed by atoms with van der Waals surface area (Å²) in [4.78, 5) is 8.74. The van der Waals surface area contributed by atoms with Crippen molar-refractivity contribution in [3.63, 3.8) is 0 Å². The zero-order valence-electron chi connectivity index (χ0n) is 11.4. The molecule has 3 heterocycles. The number of nitrogens with zero attached hydrogens (tertiary/aromatic N) is 3. The van der Waals surface area contributed by atoms with Crippen molar-refractivity contribution in [2.45, 2.75) is 23.5 Å². The Morgan fingerprint density at radius 3 is 2.62 bits per heavy atom. The van der Waals surface area contributed by atoms with Gasteiger partial charge in [-0.15, -0.1) is 11.3 Å². The summed E-state index contributed by atoms with van der Waals surface area (Å²) >= 11 is 1.22. The van der Waals surface area contributed by atoms with Crippen LogP contribution in [-0.4, -0.2) is 35.8 Å². The van der Waals surface area contributed by atoms with E-state index >= 15 is 0 Å². The third-order valence-corrected chi connectivity index (χ3v) is 6.89. The van der Waals surface area contributed by atoms with Crippen LogP contribution in [0.1, 0.15) is 19.3 Å². The van der Waals surface area contributed by atoms with Crippen LogP contribution in [0.15, 0.2) is 28.6 Å². The Balaban J connectivity index is 1.90. The number of nitrogens with two attached hydrogens (primary N) is 1. The van der Waals surface area contributed by atoms with Gasteiger partial charge in [0.2, 0.25) is 5.95 Å². The summed E-state index contributed by atoms with van der Waals surface area (Å²) in [5, 5.41) is 0. The zero-order valence-corrected chi connectivity index (χ0v) is 13.0. The van der Waals surface area contributed by atoms with E-state index in [0.717, 1.165) is 24.1 Å². The van der Waals surface area contributed by atoms with Crippen molar-refractivity contribution in [3.8, 4) is 10.6 Å². The highest BCUT2D eigenvalue weighted by Crippen LogP contribution is 2.32. The number of hydrogen-bond donors (Lipinski definition) is 1. The van der Waals surface area contributed by atoms with E-state index in [1.165, 1.54) is 11.3 Å². The number of piperidine rings is 1. The second-order valence-electron chi connectivity index (χ2n) is 4.88. The normalized spacial score (nSPS) is 17.0. The third-order valence-electron chi connectivity index (χ3n) is 3.42. The van der Waals surface area contributed by atoms with E-state index < -0.39 is 10.0 Å². The number of rotatable bonds is 3. The average molecular weight is 324 g/mol. The fourth-order valence-corrected chi connectivity index (χ4v) is 5.29. The van der Waals surface area contributed by atoms with Crippen molar-refractivity contribution in [3.05, 3.63) is 24.4 Å². The molecule has 0 atom stereocenters. The van der Waals surface area contributed by atoms with E-state index in [1.807, 2.05) is 0 Å². The monoisotopic (exact) mass is 324 g/mol. The summed E-state index contributed by atoms with van der Waals surface area (Å²) in [5.41, 5.74) is 6.21. The molecule has 1 aliphatic heterocycles. The van der Waals surface area contributed by atoms with Crippen LogP contribution in [0.3, 0.4) is 0 Å². The summed E-state index contributed by atoms with van der Waals surface area (Å²) in [6, 6.07) is 5.13. The first kappa shape index (κ1) is 14.4. The predicted molar refractivity (Wildman–Crippen MR) is 82.4 cm³/mol. The Bertz CT molecular complexity index is 736. The second kappa shape index (κ2) is 5.70. The molecule has 3 rings (SSSR count). The van der Waals surface area contributed by atoms with Gasteiger partial charge in [0, 0.05) is 19.3 Å². The van der Waals surface area contributed by atoms with Gasteiger partial charge in [-0.3, -0.25) is 0 Å². The molecule has 2 N–H and O–H groups in total. The number of hydrogen-bond acceptors (Lipinski definition) is 6. The first-order valence-electron chi connectivity index (χ1n) is 6.76. The second-order valence-corrected chi connectivity index (χ2v) is 8.13. The lowest BCUT2D eigenvalue weighted by Gasteiger charge is -2.25. The summed E-state index contributed by atoms with van der Waals surface area (Å²) in [6.45, 7) is 1.21. The van der Waals surface area contributed by atoms with Gasteiger partial charge >= 0.3 is 0 Å². The van der Waals surface area contributed by atoms with Crippen LogP contribution in [0.25, 0.3) is 10.6 Å². The van der Waals surface area contributed by atoms with Crippen LogP contribution < -0.4 is 5.73 Å². The Kier molecular flexibility index (Phi) is 3.92. The fourth-order valence-electron chi connectivity index (χ4n) is 2.34. The molecule has 112 valence electrons. The third kappa shape index (κ3) is 2.92. The molecule has 2 aromatic rings. The lowest BCUT2D eigenvalue weighted by Crippen LogP contribution is -2.35. The summed E-state index contributed by atoms with van der Waals surface area (Å²) in [7, 11) is -3.38. The van der Waals surface area contributed by atoms with Crippen LogP contribution in [0.5, 0.6) is 0 Å². The molecule has 0 unspecified atom stereocenters. The maximum absolute atomic E-state index is 12.6. The van der Waals surface area contributed by atoms with Gasteiger partial charge in [-0.25, -0.2) is 18.4 Å². The van der Waals surface area contributed by atoms with Crippen molar-refractivity contribution < 1.29 is 8.42 Å². The molecule has 1 saturated heterocycles. The molecule has 0 bridgehead atoms. The highest BCUT2D eigenvalue weighted by atomic mass is 32.2. The Morgan fingerprint density at radius 2 is 1.90 bits per heavy atom. The smallest absolute Gasteiger partial charge is 0.252 e. The Labute approximate surface area is 127 Å². The standard InChI is InChI=1S/C13H16N4O2S2/c14-13-15-7-6-10(16-13)11-4-5-12(20-11)21(18,19)17-8-2-1-3-9-17/h4-7H,1-3,8-9H2,(H2,14,15,16). The molecule has 8 heteroatoms. The van der Waals surface area contributed by atoms with E-state index in [1.54, 1.807) is 28.7 Å². The van der Waals surface area contributed by atoms with Gasteiger partial charge in [0.25, 0.3) is 10.0 Å². The molecule has 21 heavy (non-hydrogen) atoms. The topological polar surface area (TPSA) is 89.2 Å². The van der Waals surface area contributed by atoms with Gasteiger partial charge in [0.05, 0.1) is 10.6 Å². The maximum atomic E-state index is 12.6. The van der Waals surface area contributed by atoms with Gasteiger partial charge in [-0.2, -0.15) is 4.31 Å². The van der Waals surface area contributed by atoms with E-state index in [2.05, 4.69) is 9.97 Å². The number of aromatic nitrogens is 2. The van der Waals surface area contributed by atoms with Crippen molar-refractivity contribution >= 4 is 27.3 Å². The predicted octanol–water partition coefficient (Wildman–Crippen LogP) is 1.96. The number of nitrogen functional groups attached to an aromatic ring is 1. The molecular weight excluding hydrogens is 308 g/mol. The molecule has 0 saturated carbocycles. The first-order chi connectivity index (χ1) is 10.1. The van der Waals surface area contributed by atoms with E-state index in [4.69, 9.17) is 5.73 Å². The molecule has 6 nitrogen and oxygen atoms in total. The van der Waals surface area contributed by atoms with E-state index in [0.29, 0.717) is 23.0 Å². The van der Waals surface area contributed by atoms with E-state index in [-0.39, 0.29) is 5.95 Å². The lowest BCUT2D eigenvalue weighted by atomic mass is 10.2. The molecule has 0 aliphatic carbocycles. The molecule has 0 amide bonds. The SMILES string of the molecule is Nc1nccc(-c2ccc(S(=O)(=O)N3CCCCC3)s2)n1. The Hall–Kier alpha value is -1.51. The van der Waals surface area contributed by atoms with Crippen LogP contribution in [0.2, 0.25) is 0 Å². The summed E-state index contributed by atoms with van der Waals surface area (Å²) in [5.74, 6) is 0.182. The van der Waals surface area contributed by atoms with Gasteiger partial charge in [-0.05, 0) is 31.0 Å². The summed E-state index contributed by atoms with van der Waals surface area (Å²) in [6.07, 6.45) is 4.53. The van der Waals surface area contributed by atoms with Crippen LogP contribution in [0, 0.1) is 0 Å². The summed E-state index contributed by atoms with van der Waals surface area (Å²) < 4.78 is 27.1. The minimum absolute atomic E-state index is 0.182. The fraction of sp³-hybridized carbons (Fsp3) is 0.385. The van der Waals surface area contributed by atoms with Crippen molar-refractivity contribution in [2.24, 2.45) is 0 Å². The van der Waals surface area contributed by atoms with Gasteiger partial charge in [0.15, 0.2) is 0 Å². The van der Waals surface area contributed by atoms with Gasteiger partial charge < -0.3 is 5.73 Å². The molecule has 0 radical (unpaired) electrons. The highest BCUT2D eigenvalue weighted by molar-refractivity contribution is 7.91. The van der Waals surface area contributed by atoms with Crippen LogP contribution in [0.4, 0.5) is 5.95 Å². The average Bonchev–Trinajstić information content (AvgIpc) is 2.99. The van der Waals surface area contributed by atoms with E-state index in [9.17, 15) is 8.42 Å². The number of thiophene rings is 1. The van der Waals surface area contributed by atoms with Crippen LogP contribution in [-0.2, 0) is 10.0 Å². The minimum Gasteiger partial charge on any atom is -0.368 e. The first-order valence-corrected chi connectivity index (χ1v) is 9.02. The molecular formula is C13H16N4O2S2. The Morgan fingerprint density at radius 1 is 1.14 bits per heavy atom. The van der Waals surface area contributed by atoms with Gasteiger partial charge in [0.1, 0.15) is 4.21 Å². The highest BCUT2D eigenvalue weighted by Gasteiger charge is 2.27. The quantitative estimate of drug-likeness (QED) is 0.932. The molecule has 2 aromatic heterocycles. The molecule has 0 spiro atoms. The van der Waals surface area contributed by atoms with Crippen LogP contribution >= 0.6 is 11.3 Å². The maximum Gasteiger partial charge on any atom is 0.252 e. The molecule has 1 aliphatic rings. The van der Waals surface area contributed by atoms with Gasteiger partial charge in [-0.1, -0.05) is 6.42 Å². The molecule has 1 fully saturated rings. The van der Waals surface area contributed by atoms with Crippen molar-refractivity contribution in [1.82, 2.24) is 14.3 Å². The lowest BCUT2D eigenvalue weighted by molar-refractivity contribution is 0.347. The minimum atomic E-state index is -3.38. The van der Waals surface area contributed by atoms with Crippen molar-refractivity contribution in [1.29, 1.82) is 0 Å². The number of sulfonamides is 1. The molecule has 0 aromatic carbocycles. The largest absolute Gasteiger partial charge is 0.368 e. The zero-order chi connectivity index (χ0) is 14.9. The number of anilines is 1.